The SMILES string of the molecule is CCc1ccccc1N(CC(=O)N(Cc1ccccc1Cl)[C@@H](Cc1ccccc1)C(=O)NC1CCCC1)S(=O)(=O)c1ccccc1. The highest BCUT2D eigenvalue weighted by molar-refractivity contribution is 7.92. The van der Waals surface area contributed by atoms with Crippen LogP contribution < -0.4 is 9.62 Å². The van der Waals surface area contributed by atoms with E-state index in [0.29, 0.717) is 22.7 Å². The van der Waals surface area contributed by atoms with Crippen molar-refractivity contribution in [2.45, 2.75) is 69.0 Å². The van der Waals surface area contributed by atoms with Crippen LogP contribution in [0.4, 0.5) is 5.69 Å². The van der Waals surface area contributed by atoms with Crippen molar-refractivity contribution in [1.82, 2.24) is 10.2 Å². The number of hydrogen-bond donors (Lipinski definition) is 1. The Kier molecular flexibility index (Phi) is 11.1. The van der Waals surface area contributed by atoms with Gasteiger partial charge in [-0.15, -0.1) is 0 Å². The van der Waals surface area contributed by atoms with E-state index in [9.17, 15) is 18.0 Å². The van der Waals surface area contributed by atoms with E-state index in [0.717, 1.165) is 36.8 Å². The first kappa shape index (κ1) is 33.2. The molecule has 1 saturated carbocycles. The minimum absolute atomic E-state index is 0.0305. The molecule has 4 aromatic carbocycles. The molecule has 0 spiro atoms. The number of anilines is 1. The van der Waals surface area contributed by atoms with Gasteiger partial charge in [0.1, 0.15) is 12.6 Å². The Bertz CT molecular complexity index is 1730. The highest BCUT2D eigenvalue weighted by Crippen LogP contribution is 2.29. The molecule has 1 atom stereocenters. The third-order valence-corrected chi connectivity index (χ3v) is 10.7. The van der Waals surface area contributed by atoms with Crippen LogP contribution in [0.3, 0.4) is 0 Å². The maximum absolute atomic E-state index is 14.7. The second kappa shape index (κ2) is 15.4. The first-order valence-corrected chi connectivity index (χ1v) is 17.6. The summed E-state index contributed by atoms with van der Waals surface area (Å²) in [5.74, 6) is -0.768. The lowest BCUT2D eigenvalue weighted by Crippen LogP contribution is -2.54. The molecule has 0 aromatic heterocycles. The largest absolute Gasteiger partial charge is 0.352 e. The van der Waals surface area contributed by atoms with Crippen molar-refractivity contribution in [2.75, 3.05) is 10.8 Å². The molecule has 1 N–H and O–H groups in total. The molecule has 0 saturated heterocycles. The van der Waals surface area contributed by atoms with Gasteiger partial charge in [0, 0.05) is 24.0 Å². The van der Waals surface area contributed by atoms with Gasteiger partial charge in [0.2, 0.25) is 11.8 Å². The van der Waals surface area contributed by atoms with Crippen molar-refractivity contribution in [3.05, 3.63) is 131 Å². The third kappa shape index (κ3) is 7.98. The van der Waals surface area contributed by atoms with Crippen molar-refractivity contribution in [1.29, 1.82) is 0 Å². The van der Waals surface area contributed by atoms with Gasteiger partial charge in [-0.05, 0) is 60.2 Å². The van der Waals surface area contributed by atoms with E-state index < -0.39 is 28.5 Å². The number of sulfonamides is 1. The number of carbonyl (C=O) groups is 2. The summed E-state index contributed by atoms with van der Waals surface area (Å²) in [5.41, 5.74) is 2.76. The normalized spacial score (nSPS) is 14.0. The van der Waals surface area contributed by atoms with Crippen LogP contribution in [0.15, 0.2) is 114 Å². The second-order valence-corrected chi connectivity index (χ2v) is 13.9. The van der Waals surface area contributed by atoms with Gasteiger partial charge in [0.05, 0.1) is 10.6 Å². The number of benzene rings is 4. The zero-order valence-electron chi connectivity index (χ0n) is 26.0. The zero-order chi connectivity index (χ0) is 32.5. The Morgan fingerprint density at radius 3 is 2.07 bits per heavy atom. The van der Waals surface area contributed by atoms with E-state index in [1.54, 1.807) is 36.4 Å². The first-order valence-electron chi connectivity index (χ1n) is 15.8. The molecule has 0 bridgehead atoms. The number of carbonyl (C=O) groups excluding carboxylic acids is 2. The molecule has 5 rings (SSSR count). The predicted octanol–water partition coefficient (Wildman–Crippen LogP) is 6.80. The number of amides is 2. The summed E-state index contributed by atoms with van der Waals surface area (Å²) in [6.45, 7) is 1.48. The number of nitrogens with one attached hydrogen (secondary N) is 1. The molecular weight excluding hydrogens is 618 g/mol. The van der Waals surface area contributed by atoms with E-state index in [1.807, 2.05) is 67.6 Å². The number of para-hydroxylation sites is 1. The lowest BCUT2D eigenvalue weighted by atomic mass is 10.0. The Morgan fingerprint density at radius 1 is 0.826 bits per heavy atom. The van der Waals surface area contributed by atoms with Gasteiger partial charge in [0.15, 0.2) is 0 Å². The molecule has 240 valence electrons. The predicted molar refractivity (Wildman–Crippen MR) is 183 cm³/mol. The van der Waals surface area contributed by atoms with Crippen LogP contribution in [0, 0.1) is 0 Å². The molecule has 46 heavy (non-hydrogen) atoms. The number of hydrogen-bond acceptors (Lipinski definition) is 4. The summed E-state index contributed by atoms with van der Waals surface area (Å²) in [7, 11) is -4.16. The standard InChI is InChI=1S/C37H40ClN3O4S/c1-2-29-17-10-14-24-34(29)41(46(44,45)32-21-7-4-8-22-32)27-36(42)40(26-30-18-9-13-23-33(30)38)35(25-28-15-5-3-6-16-28)37(43)39-31-19-11-12-20-31/h3-10,13-18,21-24,31,35H,2,11-12,19-20,25-27H2,1H3,(H,39,43)/t35-/m0/s1. The van der Waals surface area contributed by atoms with E-state index in [2.05, 4.69) is 5.32 Å². The van der Waals surface area contributed by atoms with E-state index in [4.69, 9.17) is 11.6 Å². The van der Waals surface area contributed by atoms with Crippen LogP contribution in [-0.4, -0.2) is 43.8 Å². The highest BCUT2D eigenvalue weighted by atomic mass is 35.5. The summed E-state index contributed by atoms with van der Waals surface area (Å²) in [6, 6.07) is 31.2. The molecule has 0 radical (unpaired) electrons. The maximum Gasteiger partial charge on any atom is 0.264 e. The summed E-state index contributed by atoms with van der Waals surface area (Å²) >= 11 is 6.60. The first-order chi connectivity index (χ1) is 22.3. The molecule has 4 aromatic rings. The molecule has 2 amide bonds. The Balaban J connectivity index is 1.59. The molecule has 0 heterocycles. The number of nitrogens with zero attached hydrogens (tertiary/aromatic N) is 2. The average Bonchev–Trinajstić information content (AvgIpc) is 3.59. The molecule has 7 nitrogen and oxygen atoms in total. The van der Waals surface area contributed by atoms with E-state index in [-0.39, 0.29) is 29.8 Å². The van der Waals surface area contributed by atoms with Gasteiger partial charge >= 0.3 is 0 Å². The van der Waals surface area contributed by atoms with Crippen molar-refractivity contribution >= 4 is 39.1 Å². The maximum atomic E-state index is 14.7. The molecule has 0 aliphatic heterocycles. The molecule has 9 heteroatoms. The third-order valence-electron chi connectivity index (χ3n) is 8.52. The Labute approximate surface area is 277 Å². The quantitative estimate of drug-likeness (QED) is 0.171. The Hall–Kier alpha value is -4.14. The summed E-state index contributed by atoms with van der Waals surface area (Å²) in [4.78, 5) is 30.4. The lowest BCUT2D eigenvalue weighted by Gasteiger charge is -2.35. The molecule has 1 fully saturated rings. The van der Waals surface area contributed by atoms with Gasteiger partial charge in [-0.25, -0.2) is 8.42 Å². The van der Waals surface area contributed by atoms with E-state index >= 15 is 0 Å². The fraction of sp³-hybridized carbons (Fsp3) is 0.297. The highest BCUT2D eigenvalue weighted by Gasteiger charge is 2.36. The lowest BCUT2D eigenvalue weighted by molar-refractivity contribution is -0.140. The van der Waals surface area contributed by atoms with Crippen molar-refractivity contribution in [2.24, 2.45) is 0 Å². The topological polar surface area (TPSA) is 86.8 Å². The van der Waals surface area contributed by atoms with Gasteiger partial charge in [0.25, 0.3) is 10.0 Å². The molecular formula is C37H40ClN3O4S. The zero-order valence-corrected chi connectivity index (χ0v) is 27.6. The van der Waals surface area contributed by atoms with Crippen LogP contribution >= 0.6 is 11.6 Å². The fourth-order valence-corrected chi connectivity index (χ4v) is 7.69. The van der Waals surface area contributed by atoms with Gasteiger partial charge in [-0.3, -0.25) is 13.9 Å². The monoisotopic (exact) mass is 657 g/mol. The summed E-state index contributed by atoms with van der Waals surface area (Å²) in [5, 5.41) is 3.66. The number of rotatable bonds is 13. The second-order valence-electron chi connectivity index (χ2n) is 11.6. The molecule has 1 aliphatic rings. The van der Waals surface area contributed by atoms with Crippen molar-refractivity contribution < 1.29 is 18.0 Å². The van der Waals surface area contributed by atoms with Gasteiger partial charge in [-0.2, -0.15) is 0 Å². The van der Waals surface area contributed by atoms with Crippen LogP contribution in [0.2, 0.25) is 5.02 Å². The minimum atomic E-state index is -4.16. The van der Waals surface area contributed by atoms with Crippen molar-refractivity contribution in [3.63, 3.8) is 0 Å². The minimum Gasteiger partial charge on any atom is -0.352 e. The van der Waals surface area contributed by atoms with Gasteiger partial charge in [-0.1, -0.05) is 116 Å². The Morgan fingerprint density at radius 2 is 1.41 bits per heavy atom. The molecule has 1 aliphatic carbocycles. The molecule has 0 unspecified atom stereocenters. The number of halogens is 1. The van der Waals surface area contributed by atoms with Crippen LogP contribution in [0.5, 0.6) is 0 Å². The van der Waals surface area contributed by atoms with Crippen molar-refractivity contribution in [3.8, 4) is 0 Å². The number of aryl methyl sites for hydroxylation is 1. The van der Waals surface area contributed by atoms with Crippen LogP contribution in [0.1, 0.15) is 49.3 Å². The van der Waals surface area contributed by atoms with Gasteiger partial charge < -0.3 is 10.2 Å². The fourth-order valence-electron chi connectivity index (χ4n) is 6.02. The van der Waals surface area contributed by atoms with Crippen LogP contribution in [-0.2, 0) is 39.0 Å². The summed E-state index contributed by atoms with van der Waals surface area (Å²) < 4.78 is 29.7. The smallest absolute Gasteiger partial charge is 0.264 e. The average molecular weight is 658 g/mol. The van der Waals surface area contributed by atoms with E-state index in [1.165, 1.54) is 21.3 Å². The summed E-state index contributed by atoms with van der Waals surface area (Å²) in [6.07, 6.45) is 4.68. The van der Waals surface area contributed by atoms with Crippen LogP contribution in [0.25, 0.3) is 0 Å².